The van der Waals surface area contributed by atoms with Crippen molar-refractivity contribution in [1.82, 2.24) is 4.57 Å². The smallest absolute Gasteiger partial charge is 0.0547 e. The molecule has 13 aromatic rings. The maximum absolute atomic E-state index is 2.45. The van der Waals surface area contributed by atoms with Crippen LogP contribution in [0.15, 0.2) is 267 Å². The molecule has 0 unspecified atom stereocenters. The van der Waals surface area contributed by atoms with Crippen LogP contribution in [0.3, 0.4) is 0 Å². The molecule has 69 heavy (non-hydrogen) atoms. The van der Waals surface area contributed by atoms with E-state index >= 15 is 0 Å². The van der Waals surface area contributed by atoms with Gasteiger partial charge in [0.05, 0.1) is 16.7 Å². The highest BCUT2D eigenvalue weighted by molar-refractivity contribution is 7.25. The first-order chi connectivity index (χ1) is 34.2. The first kappa shape index (κ1) is 40.5. The number of nitrogens with zero attached hydrogens (tertiary/aromatic N) is 2. The summed E-state index contributed by atoms with van der Waals surface area (Å²) in [6, 6.07) is 97.3. The summed E-state index contributed by atoms with van der Waals surface area (Å²) in [4.78, 5) is 2.40. The van der Waals surface area contributed by atoms with Gasteiger partial charge in [-0.05, 0) is 117 Å². The molecule has 0 aliphatic rings. The van der Waals surface area contributed by atoms with Crippen molar-refractivity contribution in [3.63, 3.8) is 0 Å². The number of fused-ring (bicyclic) bond motifs is 6. The molecule has 0 N–H and O–H groups in total. The Kier molecular flexibility index (Phi) is 10.1. The first-order valence-corrected chi connectivity index (χ1v) is 24.4. The monoisotopic (exact) mass is 896 g/mol. The summed E-state index contributed by atoms with van der Waals surface area (Å²) in [7, 11) is 0. The Morgan fingerprint density at radius 1 is 0.290 bits per heavy atom. The average Bonchev–Trinajstić information content (AvgIpc) is 3.98. The number of anilines is 3. The molecule has 0 fully saturated rings. The Labute approximate surface area is 405 Å². The lowest BCUT2D eigenvalue weighted by atomic mass is 9.94. The van der Waals surface area contributed by atoms with E-state index in [1.807, 2.05) is 11.3 Å². The summed E-state index contributed by atoms with van der Waals surface area (Å²) in [5.74, 6) is 0. The van der Waals surface area contributed by atoms with Crippen LogP contribution in [0.25, 0.3) is 103 Å². The molecule has 0 bridgehead atoms. The molecule has 0 saturated carbocycles. The normalized spacial score (nSPS) is 11.5. The molecule has 0 spiro atoms. The van der Waals surface area contributed by atoms with Crippen LogP contribution in [0.2, 0.25) is 0 Å². The molecule has 2 heterocycles. The number of para-hydroxylation sites is 2. The van der Waals surface area contributed by atoms with Crippen LogP contribution in [0.4, 0.5) is 17.1 Å². The van der Waals surface area contributed by atoms with Crippen molar-refractivity contribution < 1.29 is 0 Å². The van der Waals surface area contributed by atoms with Crippen molar-refractivity contribution in [2.45, 2.75) is 0 Å². The maximum atomic E-state index is 2.45. The second-order valence-electron chi connectivity index (χ2n) is 17.7. The molecular formula is C66H44N2S. The molecule has 0 radical (unpaired) electrons. The molecule has 0 aliphatic carbocycles. The van der Waals surface area contributed by atoms with E-state index < -0.39 is 0 Å². The van der Waals surface area contributed by atoms with E-state index in [1.165, 1.54) is 92.2 Å². The number of rotatable bonds is 9. The summed E-state index contributed by atoms with van der Waals surface area (Å²) < 4.78 is 5.06. The molecule has 11 aromatic carbocycles. The summed E-state index contributed by atoms with van der Waals surface area (Å²) in [5.41, 5.74) is 18.7. The molecule has 2 aromatic heterocycles. The van der Waals surface area contributed by atoms with E-state index in [2.05, 4.69) is 276 Å². The Balaban J connectivity index is 0.912. The molecule has 13 rings (SSSR count). The van der Waals surface area contributed by atoms with Crippen molar-refractivity contribution in [2.24, 2.45) is 0 Å². The van der Waals surface area contributed by atoms with Gasteiger partial charge in [0.25, 0.3) is 0 Å². The van der Waals surface area contributed by atoms with E-state index in [0.717, 1.165) is 28.2 Å². The van der Waals surface area contributed by atoms with Gasteiger partial charge in [-0.1, -0.05) is 200 Å². The average molecular weight is 897 g/mol. The second kappa shape index (κ2) is 17.2. The predicted octanol–water partition coefficient (Wildman–Crippen LogP) is 19.0. The summed E-state index contributed by atoms with van der Waals surface area (Å²) in [6.07, 6.45) is 0. The fourth-order valence-corrected chi connectivity index (χ4v) is 11.4. The zero-order valence-electron chi connectivity index (χ0n) is 37.7. The fraction of sp³-hybridized carbons (Fsp3) is 0. The third kappa shape index (κ3) is 7.28. The van der Waals surface area contributed by atoms with E-state index in [4.69, 9.17) is 0 Å². The van der Waals surface area contributed by atoms with Gasteiger partial charge in [0.15, 0.2) is 0 Å². The highest BCUT2D eigenvalue weighted by Crippen LogP contribution is 2.45. The van der Waals surface area contributed by atoms with Gasteiger partial charge in [-0.15, -0.1) is 11.3 Å². The SMILES string of the molecule is c1ccc(-c2ccc(-c3ccc(N(c4ccc(-c5ccccc5)cc4)c4ccccc4-c4cccc(-c5cccc6c5c5ccccc5n6-c5ccc6c(c5)sc5ccccc56)c4)cc3)cc2)cc1. The molecule has 324 valence electrons. The van der Waals surface area contributed by atoms with Crippen molar-refractivity contribution in [2.75, 3.05) is 4.90 Å². The van der Waals surface area contributed by atoms with Crippen LogP contribution in [-0.2, 0) is 0 Å². The molecule has 2 nitrogen and oxygen atoms in total. The lowest BCUT2D eigenvalue weighted by Gasteiger charge is -2.28. The van der Waals surface area contributed by atoms with Crippen molar-refractivity contribution in [3.05, 3.63) is 267 Å². The van der Waals surface area contributed by atoms with Gasteiger partial charge in [0.1, 0.15) is 0 Å². The number of aromatic nitrogens is 1. The third-order valence-corrected chi connectivity index (χ3v) is 14.8. The molecule has 0 saturated heterocycles. The van der Waals surface area contributed by atoms with E-state index in [1.54, 1.807) is 0 Å². The van der Waals surface area contributed by atoms with Gasteiger partial charge in [0.2, 0.25) is 0 Å². The minimum Gasteiger partial charge on any atom is -0.310 e. The van der Waals surface area contributed by atoms with Crippen LogP contribution in [0, 0.1) is 0 Å². The van der Waals surface area contributed by atoms with Crippen LogP contribution in [-0.4, -0.2) is 4.57 Å². The largest absolute Gasteiger partial charge is 0.310 e. The lowest BCUT2D eigenvalue weighted by molar-refractivity contribution is 1.19. The van der Waals surface area contributed by atoms with Gasteiger partial charge in [-0.3, -0.25) is 0 Å². The van der Waals surface area contributed by atoms with Gasteiger partial charge in [-0.25, -0.2) is 0 Å². The molecule has 0 aliphatic heterocycles. The highest BCUT2D eigenvalue weighted by atomic mass is 32.1. The van der Waals surface area contributed by atoms with Crippen LogP contribution >= 0.6 is 11.3 Å². The summed E-state index contributed by atoms with van der Waals surface area (Å²) >= 11 is 1.87. The van der Waals surface area contributed by atoms with Crippen molar-refractivity contribution >= 4 is 70.4 Å². The Hall–Kier alpha value is -8.76. The fourth-order valence-electron chi connectivity index (χ4n) is 10.3. The highest BCUT2D eigenvalue weighted by Gasteiger charge is 2.20. The Bertz CT molecular complexity index is 3980. The van der Waals surface area contributed by atoms with E-state index in [9.17, 15) is 0 Å². The van der Waals surface area contributed by atoms with Crippen LogP contribution in [0.5, 0.6) is 0 Å². The van der Waals surface area contributed by atoms with Gasteiger partial charge < -0.3 is 9.47 Å². The van der Waals surface area contributed by atoms with Crippen LogP contribution in [0.1, 0.15) is 0 Å². The number of hydrogen-bond donors (Lipinski definition) is 0. The number of thiophene rings is 1. The molecule has 0 atom stereocenters. The summed E-state index contributed by atoms with van der Waals surface area (Å²) in [5, 5.41) is 5.12. The number of benzene rings is 11. The zero-order valence-corrected chi connectivity index (χ0v) is 38.5. The lowest BCUT2D eigenvalue weighted by Crippen LogP contribution is -2.11. The quantitative estimate of drug-likeness (QED) is 0.140. The minimum atomic E-state index is 1.09. The standard InChI is InChI=1S/C66H44N2S/c1-3-15-45(16-4-1)47-29-31-48(32-30-47)50-35-39-54(40-36-50)67(53-37-33-49(34-38-53)46-17-5-2-6-18-46)61-25-10-7-21-56(61)51-19-13-20-52(43-51)57-24-14-27-63-66(57)60-23-8-11-26-62(60)68(63)55-41-42-59-58-22-9-12-28-64(58)69-65(59)44-55/h1-44H. The van der Waals surface area contributed by atoms with E-state index in [0.29, 0.717) is 0 Å². The van der Waals surface area contributed by atoms with E-state index in [-0.39, 0.29) is 0 Å². The molecule has 0 amide bonds. The Morgan fingerprint density at radius 2 is 0.754 bits per heavy atom. The van der Waals surface area contributed by atoms with Gasteiger partial charge >= 0.3 is 0 Å². The Morgan fingerprint density at radius 3 is 1.42 bits per heavy atom. The maximum Gasteiger partial charge on any atom is 0.0547 e. The third-order valence-electron chi connectivity index (χ3n) is 13.6. The van der Waals surface area contributed by atoms with Gasteiger partial charge in [0, 0.05) is 53.6 Å². The predicted molar refractivity (Wildman–Crippen MR) is 296 cm³/mol. The van der Waals surface area contributed by atoms with Gasteiger partial charge in [-0.2, -0.15) is 0 Å². The summed E-state index contributed by atoms with van der Waals surface area (Å²) in [6.45, 7) is 0. The minimum absolute atomic E-state index is 1.09. The van der Waals surface area contributed by atoms with Crippen LogP contribution < -0.4 is 4.90 Å². The molecular weight excluding hydrogens is 853 g/mol. The first-order valence-electron chi connectivity index (χ1n) is 23.6. The van der Waals surface area contributed by atoms with Crippen molar-refractivity contribution in [1.29, 1.82) is 0 Å². The number of hydrogen-bond acceptors (Lipinski definition) is 2. The second-order valence-corrected chi connectivity index (χ2v) is 18.8. The molecule has 3 heteroatoms. The zero-order chi connectivity index (χ0) is 45.7. The topological polar surface area (TPSA) is 8.17 Å². The van der Waals surface area contributed by atoms with Crippen molar-refractivity contribution in [3.8, 4) is 61.3 Å².